The van der Waals surface area contributed by atoms with Gasteiger partial charge in [-0.1, -0.05) is 55.5 Å². The molecule has 34 heavy (non-hydrogen) atoms. The van der Waals surface area contributed by atoms with Crippen molar-refractivity contribution in [1.82, 2.24) is 5.32 Å². The highest BCUT2D eigenvalue weighted by Gasteiger charge is 2.29. The molecule has 0 fully saturated rings. The van der Waals surface area contributed by atoms with Gasteiger partial charge in [-0.15, -0.1) is 0 Å². The Labute approximate surface area is 210 Å². The summed E-state index contributed by atoms with van der Waals surface area (Å²) in [4.78, 5) is 36.8. The van der Waals surface area contributed by atoms with Crippen LogP contribution in [0.2, 0.25) is 0 Å². The SMILES string of the molecule is CCC(NC(=O)OCC1c2ccccc2-c2ccccc21)C(=O)Nc1ccc(I)cc1C(=O)O. The molecule has 1 unspecified atom stereocenters. The fourth-order valence-corrected chi connectivity index (χ4v) is 4.65. The van der Waals surface area contributed by atoms with E-state index < -0.39 is 24.0 Å². The van der Waals surface area contributed by atoms with Crippen molar-refractivity contribution in [3.8, 4) is 11.1 Å². The smallest absolute Gasteiger partial charge is 0.407 e. The predicted octanol–water partition coefficient (Wildman–Crippen LogP) is 5.25. The lowest BCUT2D eigenvalue weighted by atomic mass is 9.98. The van der Waals surface area contributed by atoms with E-state index in [2.05, 4.69) is 22.8 Å². The largest absolute Gasteiger partial charge is 0.478 e. The number of ether oxygens (including phenoxy) is 1. The number of carboxylic acid groups (broad SMARTS) is 1. The highest BCUT2D eigenvalue weighted by atomic mass is 127. The first-order valence-corrected chi connectivity index (χ1v) is 11.9. The standard InChI is InChI=1S/C26H23IN2O5/c1-2-22(24(30)28-23-12-11-15(27)13-20(23)25(31)32)29-26(33)34-14-21-18-9-5-3-7-16(18)17-8-4-6-10-19(17)21/h3-13,21-22H,2,14H2,1H3,(H,28,30)(H,29,33)(H,31,32). The Morgan fingerprint density at radius 2 is 1.62 bits per heavy atom. The molecule has 0 radical (unpaired) electrons. The van der Waals surface area contributed by atoms with Crippen molar-refractivity contribution in [3.63, 3.8) is 0 Å². The van der Waals surface area contributed by atoms with Gasteiger partial charge in [-0.05, 0) is 69.5 Å². The number of alkyl carbamates (subject to hydrolysis) is 1. The quantitative estimate of drug-likeness (QED) is 0.337. The molecule has 4 rings (SSSR count). The summed E-state index contributed by atoms with van der Waals surface area (Å²) < 4.78 is 6.26. The minimum atomic E-state index is -1.15. The van der Waals surface area contributed by atoms with Gasteiger partial charge in [-0.25, -0.2) is 9.59 Å². The second-order valence-corrected chi connectivity index (χ2v) is 9.16. The molecule has 1 aliphatic carbocycles. The zero-order chi connectivity index (χ0) is 24.2. The zero-order valence-electron chi connectivity index (χ0n) is 18.4. The first-order valence-electron chi connectivity index (χ1n) is 10.8. The average molecular weight is 570 g/mol. The number of benzene rings is 3. The first-order chi connectivity index (χ1) is 16.4. The van der Waals surface area contributed by atoms with Crippen molar-refractivity contribution in [2.45, 2.75) is 25.3 Å². The molecule has 3 N–H and O–H groups in total. The number of anilines is 1. The first kappa shape index (κ1) is 23.7. The Kier molecular flexibility index (Phi) is 7.16. The molecule has 1 atom stereocenters. The third-order valence-corrected chi connectivity index (χ3v) is 6.50. The Bertz CT molecular complexity index is 1210. The summed E-state index contributed by atoms with van der Waals surface area (Å²) in [6.07, 6.45) is -0.395. The lowest BCUT2D eigenvalue weighted by molar-refractivity contribution is -0.118. The van der Waals surface area contributed by atoms with Gasteiger partial charge < -0.3 is 20.5 Å². The van der Waals surface area contributed by atoms with Crippen LogP contribution in [0.5, 0.6) is 0 Å². The molecule has 7 nitrogen and oxygen atoms in total. The second-order valence-electron chi connectivity index (χ2n) is 7.92. The Morgan fingerprint density at radius 1 is 1.00 bits per heavy atom. The maximum Gasteiger partial charge on any atom is 0.407 e. The topological polar surface area (TPSA) is 105 Å². The number of amides is 2. The second kappa shape index (κ2) is 10.3. The normalized spacial score (nSPS) is 12.9. The van der Waals surface area contributed by atoms with Crippen molar-refractivity contribution in [3.05, 3.63) is 87.0 Å². The Balaban J connectivity index is 1.41. The number of halogens is 1. The highest BCUT2D eigenvalue weighted by molar-refractivity contribution is 14.1. The number of carbonyl (C=O) groups excluding carboxylic acids is 2. The highest BCUT2D eigenvalue weighted by Crippen LogP contribution is 2.44. The molecule has 0 saturated carbocycles. The van der Waals surface area contributed by atoms with Crippen molar-refractivity contribution in [1.29, 1.82) is 0 Å². The summed E-state index contributed by atoms with van der Waals surface area (Å²) in [6, 6.07) is 19.9. The molecule has 174 valence electrons. The van der Waals surface area contributed by atoms with Crippen LogP contribution in [-0.4, -0.2) is 35.7 Å². The van der Waals surface area contributed by atoms with Crippen LogP contribution in [0.4, 0.5) is 10.5 Å². The third-order valence-electron chi connectivity index (χ3n) is 5.83. The van der Waals surface area contributed by atoms with Crippen LogP contribution in [0.25, 0.3) is 11.1 Å². The van der Waals surface area contributed by atoms with Crippen molar-refractivity contribution in [2.75, 3.05) is 11.9 Å². The maximum absolute atomic E-state index is 12.8. The Morgan fingerprint density at radius 3 is 2.21 bits per heavy atom. The summed E-state index contributed by atoms with van der Waals surface area (Å²) in [5.41, 5.74) is 4.61. The van der Waals surface area contributed by atoms with Crippen LogP contribution in [0.15, 0.2) is 66.7 Å². The maximum atomic E-state index is 12.8. The van der Waals surface area contributed by atoms with Gasteiger partial charge in [0.15, 0.2) is 0 Å². The van der Waals surface area contributed by atoms with Gasteiger partial charge in [-0.2, -0.15) is 0 Å². The van der Waals surface area contributed by atoms with Gasteiger partial charge >= 0.3 is 12.1 Å². The molecule has 0 bridgehead atoms. The van der Waals surface area contributed by atoms with Crippen LogP contribution in [0, 0.1) is 3.57 Å². The van der Waals surface area contributed by atoms with Gasteiger partial charge in [0, 0.05) is 9.49 Å². The van der Waals surface area contributed by atoms with E-state index in [1.807, 2.05) is 59.0 Å². The van der Waals surface area contributed by atoms with Crippen LogP contribution in [-0.2, 0) is 9.53 Å². The summed E-state index contributed by atoms with van der Waals surface area (Å²) in [5.74, 6) is -1.75. The van der Waals surface area contributed by atoms with E-state index in [9.17, 15) is 19.5 Å². The van der Waals surface area contributed by atoms with Crippen LogP contribution >= 0.6 is 22.6 Å². The molecule has 0 spiro atoms. The third kappa shape index (κ3) is 4.91. The average Bonchev–Trinajstić information content (AvgIpc) is 3.15. The molecule has 3 aromatic rings. The van der Waals surface area contributed by atoms with Gasteiger partial charge in [0.1, 0.15) is 12.6 Å². The molecule has 8 heteroatoms. The summed E-state index contributed by atoms with van der Waals surface area (Å²) in [5, 5.41) is 14.6. The molecule has 0 saturated heterocycles. The molecular formula is C26H23IN2O5. The fourth-order valence-electron chi connectivity index (χ4n) is 4.16. The van der Waals surface area contributed by atoms with E-state index in [-0.39, 0.29) is 23.8 Å². The number of carbonyl (C=O) groups is 3. The van der Waals surface area contributed by atoms with Gasteiger partial charge in [0.25, 0.3) is 0 Å². The predicted molar refractivity (Wildman–Crippen MR) is 137 cm³/mol. The molecule has 0 heterocycles. The van der Waals surface area contributed by atoms with Crippen LogP contribution in [0.3, 0.4) is 0 Å². The minimum Gasteiger partial charge on any atom is -0.478 e. The monoisotopic (exact) mass is 570 g/mol. The molecule has 1 aliphatic rings. The molecule has 2 amide bonds. The Hall–Kier alpha value is -3.40. The number of nitrogens with one attached hydrogen (secondary N) is 2. The van der Waals surface area contributed by atoms with Crippen LogP contribution < -0.4 is 10.6 Å². The molecule has 0 aliphatic heterocycles. The fraction of sp³-hybridized carbons (Fsp3) is 0.192. The van der Waals surface area contributed by atoms with E-state index in [4.69, 9.17) is 4.74 Å². The number of carboxylic acids is 1. The van der Waals surface area contributed by atoms with Gasteiger partial charge in [0.2, 0.25) is 5.91 Å². The number of hydrogen-bond donors (Lipinski definition) is 3. The van der Waals surface area contributed by atoms with E-state index in [0.29, 0.717) is 6.42 Å². The summed E-state index contributed by atoms with van der Waals surface area (Å²) in [7, 11) is 0. The van der Waals surface area contributed by atoms with E-state index in [1.165, 1.54) is 12.1 Å². The van der Waals surface area contributed by atoms with E-state index in [0.717, 1.165) is 25.8 Å². The van der Waals surface area contributed by atoms with E-state index in [1.54, 1.807) is 13.0 Å². The van der Waals surface area contributed by atoms with Crippen LogP contribution in [0.1, 0.15) is 40.7 Å². The lowest BCUT2D eigenvalue weighted by Crippen LogP contribution is -2.44. The number of rotatable bonds is 7. The molecule has 3 aromatic carbocycles. The van der Waals surface area contributed by atoms with Gasteiger partial charge in [-0.3, -0.25) is 4.79 Å². The van der Waals surface area contributed by atoms with Gasteiger partial charge in [0.05, 0.1) is 11.3 Å². The molecule has 0 aromatic heterocycles. The lowest BCUT2D eigenvalue weighted by Gasteiger charge is -2.19. The van der Waals surface area contributed by atoms with E-state index >= 15 is 0 Å². The minimum absolute atomic E-state index is 0.0174. The van der Waals surface area contributed by atoms with Crippen molar-refractivity contribution < 1.29 is 24.2 Å². The summed E-state index contributed by atoms with van der Waals surface area (Å²) in [6.45, 7) is 1.89. The summed E-state index contributed by atoms with van der Waals surface area (Å²) >= 11 is 2.00. The molecular weight excluding hydrogens is 547 g/mol. The van der Waals surface area contributed by atoms with Crippen molar-refractivity contribution in [2.24, 2.45) is 0 Å². The number of fused-ring (bicyclic) bond motifs is 3. The number of aromatic carboxylic acids is 1. The van der Waals surface area contributed by atoms with Crippen molar-refractivity contribution >= 4 is 46.2 Å². The zero-order valence-corrected chi connectivity index (χ0v) is 20.5. The number of hydrogen-bond acceptors (Lipinski definition) is 4.